The number of benzene rings is 3. The number of hydrogen-bond donors (Lipinski definition) is 2. The van der Waals surface area contributed by atoms with Crippen molar-refractivity contribution in [2.75, 3.05) is 25.5 Å². The van der Waals surface area contributed by atoms with Gasteiger partial charge >= 0.3 is 0 Å². The van der Waals surface area contributed by atoms with E-state index in [1.165, 1.54) is 0 Å². The maximum atomic E-state index is 13.0. The van der Waals surface area contributed by atoms with Gasteiger partial charge in [-0.05, 0) is 73.1 Å². The predicted molar refractivity (Wildman–Crippen MR) is 127 cm³/mol. The number of ether oxygens (including phenoxy) is 1. The number of hydrogen-bond acceptors (Lipinski definition) is 4. The average molecular weight is 452 g/mol. The second-order valence-electron chi connectivity index (χ2n) is 7.22. The van der Waals surface area contributed by atoms with Gasteiger partial charge in [-0.25, -0.2) is 0 Å². The van der Waals surface area contributed by atoms with Crippen LogP contribution in [0.15, 0.2) is 72.8 Å². The van der Waals surface area contributed by atoms with Crippen LogP contribution in [0.3, 0.4) is 0 Å². The number of methoxy groups -OCH3 is 1. The van der Waals surface area contributed by atoms with Crippen molar-refractivity contribution in [2.24, 2.45) is 5.73 Å². The number of rotatable bonds is 9. The number of nitrogens with two attached hydrogens (primary N) is 1. The Morgan fingerprint density at radius 1 is 1.00 bits per heavy atom. The molecule has 32 heavy (non-hydrogen) atoms. The number of nitrogens with zero attached hydrogens (tertiary/aromatic N) is 1. The molecule has 7 heteroatoms. The molecule has 0 unspecified atom stereocenters. The zero-order valence-electron chi connectivity index (χ0n) is 17.9. The molecule has 0 heterocycles. The first-order chi connectivity index (χ1) is 15.5. The fraction of sp³-hybridized carbons (Fsp3) is 0.200. The third kappa shape index (κ3) is 6.09. The molecule has 0 atom stereocenters. The van der Waals surface area contributed by atoms with Crippen molar-refractivity contribution in [2.45, 2.75) is 13.0 Å². The lowest BCUT2D eigenvalue weighted by atomic mass is 10.1. The first kappa shape index (κ1) is 23.3. The summed E-state index contributed by atoms with van der Waals surface area (Å²) in [5.74, 6) is 0.333. The summed E-state index contributed by atoms with van der Waals surface area (Å²) in [5, 5.41) is 3.40. The monoisotopic (exact) mass is 451 g/mol. The minimum atomic E-state index is -0.249. The van der Waals surface area contributed by atoms with Crippen molar-refractivity contribution in [3.63, 3.8) is 0 Å². The molecule has 0 aromatic heterocycles. The molecule has 3 rings (SSSR count). The highest BCUT2D eigenvalue weighted by Crippen LogP contribution is 2.24. The van der Waals surface area contributed by atoms with Crippen LogP contribution in [0.1, 0.15) is 32.7 Å². The van der Waals surface area contributed by atoms with Crippen molar-refractivity contribution in [1.29, 1.82) is 0 Å². The van der Waals surface area contributed by atoms with E-state index in [-0.39, 0.29) is 11.8 Å². The van der Waals surface area contributed by atoms with E-state index in [0.29, 0.717) is 53.6 Å². The van der Waals surface area contributed by atoms with Gasteiger partial charge in [0.05, 0.1) is 7.11 Å². The van der Waals surface area contributed by atoms with Crippen LogP contribution >= 0.6 is 11.6 Å². The summed E-state index contributed by atoms with van der Waals surface area (Å²) in [4.78, 5) is 27.4. The summed E-state index contributed by atoms with van der Waals surface area (Å²) < 4.78 is 5.13. The van der Waals surface area contributed by atoms with Crippen molar-refractivity contribution >= 4 is 29.1 Å². The van der Waals surface area contributed by atoms with Gasteiger partial charge in [-0.15, -0.1) is 0 Å². The van der Waals surface area contributed by atoms with Crippen molar-refractivity contribution in [1.82, 2.24) is 4.90 Å². The molecule has 0 saturated heterocycles. The van der Waals surface area contributed by atoms with Gasteiger partial charge in [-0.1, -0.05) is 29.8 Å². The van der Waals surface area contributed by atoms with E-state index in [1.807, 2.05) is 18.2 Å². The van der Waals surface area contributed by atoms with Crippen LogP contribution < -0.4 is 15.8 Å². The highest BCUT2D eigenvalue weighted by Gasteiger charge is 2.17. The molecule has 0 bridgehead atoms. The van der Waals surface area contributed by atoms with Crippen molar-refractivity contribution < 1.29 is 14.3 Å². The first-order valence-electron chi connectivity index (χ1n) is 10.3. The fourth-order valence-corrected chi connectivity index (χ4v) is 3.40. The summed E-state index contributed by atoms with van der Waals surface area (Å²) >= 11 is 6.42. The van der Waals surface area contributed by atoms with E-state index in [4.69, 9.17) is 22.1 Å². The molecule has 6 nitrogen and oxygen atoms in total. The fourth-order valence-electron chi connectivity index (χ4n) is 3.22. The molecule has 0 aliphatic heterocycles. The molecule has 0 radical (unpaired) electrons. The zero-order chi connectivity index (χ0) is 22.9. The van der Waals surface area contributed by atoms with E-state index < -0.39 is 0 Å². The van der Waals surface area contributed by atoms with Gasteiger partial charge in [-0.3, -0.25) is 9.59 Å². The smallest absolute Gasteiger partial charge is 0.255 e. The maximum Gasteiger partial charge on any atom is 0.255 e. The minimum Gasteiger partial charge on any atom is -0.497 e. The van der Waals surface area contributed by atoms with Gasteiger partial charge in [0.25, 0.3) is 11.8 Å². The molecule has 0 saturated carbocycles. The lowest BCUT2D eigenvalue weighted by Gasteiger charge is -2.24. The standard InChI is InChI=1S/C25H26ClN3O3/c1-32-22-11-8-18(9-12-22)24(30)28-21-10-13-23(26)20(16-21)17-29(15-5-14-27)25(31)19-6-3-2-4-7-19/h2-4,6-13,16H,5,14-15,17,27H2,1H3,(H,28,30). The molecular weight excluding hydrogens is 426 g/mol. The van der Waals surface area contributed by atoms with Gasteiger partial charge in [0.1, 0.15) is 5.75 Å². The van der Waals surface area contributed by atoms with Crippen molar-refractivity contribution in [3.05, 3.63) is 94.5 Å². The van der Waals surface area contributed by atoms with Crippen LogP contribution in [0.5, 0.6) is 5.75 Å². The molecule has 3 N–H and O–H groups in total. The second kappa shape index (κ2) is 11.3. The van der Waals surface area contributed by atoms with Crippen molar-refractivity contribution in [3.8, 4) is 5.75 Å². The maximum absolute atomic E-state index is 13.0. The Morgan fingerprint density at radius 3 is 2.38 bits per heavy atom. The Kier molecular flexibility index (Phi) is 8.25. The third-order valence-corrected chi connectivity index (χ3v) is 5.33. The van der Waals surface area contributed by atoms with Crippen LogP contribution in [-0.2, 0) is 6.54 Å². The number of anilines is 1. The lowest BCUT2D eigenvalue weighted by molar-refractivity contribution is 0.0742. The van der Waals surface area contributed by atoms with Gasteiger partial charge in [-0.2, -0.15) is 0 Å². The summed E-state index contributed by atoms with van der Waals surface area (Å²) in [6.07, 6.45) is 0.671. The Labute approximate surface area is 192 Å². The Bertz CT molecular complexity index is 1060. The third-order valence-electron chi connectivity index (χ3n) is 4.96. The number of carbonyl (C=O) groups is 2. The highest BCUT2D eigenvalue weighted by atomic mass is 35.5. The molecule has 3 aromatic rings. The van der Waals surface area contributed by atoms with E-state index in [9.17, 15) is 9.59 Å². The van der Waals surface area contributed by atoms with Crippen LogP contribution in [0, 0.1) is 0 Å². The van der Waals surface area contributed by atoms with E-state index >= 15 is 0 Å². The Balaban J connectivity index is 1.77. The number of nitrogens with one attached hydrogen (secondary N) is 1. The van der Waals surface area contributed by atoms with Gasteiger partial charge in [0, 0.05) is 34.9 Å². The molecule has 166 valence electrons. The van der Waals surface area contributed by atoms with Crippen LogP contribution in [0.25, 0.3) is 0 Å². The van der Waals surface area contributed by atoms with Crippen LogP contribution in [0.2, 0.25) is 5.02 Å². The summed E-state index contributed by atoms with van der Waals surface area (Å²) in [7, 11) is 1.57. The molecule has 0 aliphatic rings. The average Bonchev–Trinajstić information content (AvgIpc) is 2.83. The number of carbonyl (C=O) groups excluding carboxylic acids is 2. The van der Waals surface area contributed by atoms with Gasteiger partial charge in [0.15, 0.2) is 0 Å². The van der Waals surface area contributed by atoms with E-state index in [0.717, 1.165) is 5.56 Å². The SMILES string of the molecule is COc1ccc(C(=O)Nc2ccc(Cl)c(CN(CCCN)C(=O)c3ccccc3)c2)cc1. The highest BCUT2D eigenvalue weighted by molar-refractivity contribution is 6.31. The zero-order valence-corrected chi connectivity index (χ0v) is 18.6. The normalized spacial score (nSPS) is 10.5. The first-order valence-corrected chi connectivity index (χ1v) is 10.7. The second-order valence-corrected chi connectivity index (χ2v) is 7.63. The van der Waals surface area contributed by atoms with Gasteiger partial charge in [0.2, 0.25) is 0 Å². The van der Waals surface area contributed by atoms with Gasteiger partial charge < -0.3 is 20.7 Å². The Morgan fingerprint density at radius 2 is 1.72 bits per heavy atom. The summed E-state index contributed by atoms with van der Waals surface area (Å²) in [5.41, 5.74) is 8.11. The molecule has 0 fully saturated rings. The molecule has 0 spiro atoms. The lowest BCUT2D eigenvalue weighted by Crippen LogP contribution is -2.32. The van der Waals surface area contributed by atoms with Crippen LogP contribution in [-0.4, -0.2) is 36.9 Å². The quantitative estimate of drug-likeness (QED) is 0.498. The largest absolute Gasteiger partial charge is 0.497 e. The molecule has 0 aliphatic carbocycles. The minimum absolute atomic E-state index is 0.0946. The van der Waals surface area contributed by atoms with E-state index in [2.05, 4.69) is 5.32 Å². The summed E-state index contributed by atoms with van der Waals surface area (Å²) in [6, 6.07) is 21.2. The van der Waals surface area contributed by atoms with Crippen LogP contribution in [0.4, 0.5) is 5.69 Å². The molecule has 3 aromatic carbocycles. The number of halogens is 1. The topological polar surface area (TPSA) is 84.7 Å². The Hall–Kier alpha value is -3.35. The molecular formula is C25H26ClN3O3. The number of amides is 2. The summed E-state index contributed by atoms with van der Waals surface area (Å²) in [6.45, 7) is 1.28. The molecule has 2 amide bonds. The predicted octanol–water partition coefficient (Wildman–Crippen LogP) is 4.59. The van der Waals surface area contributed by atoms with E-state index in [1.54, 1.807) is 66.6 Å².